The Morgan fingerprint density at radius 1 is 0.840 bits per heavy atom. The minimum atomic E-state index is -0.244. The lowest BCUT2D eigenvalue weighted by Crippen LogP contribution is -2.14. The van der Waals surface area contributed by atoms with Crippen LogP contribution in [0.4, 0.5) is 5.69 Å². The summed E-state index contributed by atoms with van der Waals surface area (Å²) in [4.78, 5) is 24.0. The van der Waals surface area contributed by atoms with Crippen LogP contribution < -0.4 is 10.1 Å². The second-order valence-corrected chi connectivity index (χ2v) is 6.49. The molecule has 0 bridgehead atoms. The fourth-order valence-electron chi connectivity index (χ4n) is 2.63. The molecule has 0 unspecified atom stereocenters. The highest BCUT2D eigenvalue weighted by molar-refractivity contribution is 5.92. The van der Waals surface area contributed by atoms with Crippen molar-refractivity contribution in [3.8, 4) is 5.75 Å². The standard InChI is InChI=1S/C21H33NO3/c1-3-5-7-8-9-11-16-20(23)22-18-14-12-13-15-19(18)25-21(24)17-10-6-4-2/h12-15H,3-11,16-17H2,1-2H3,(H,22,23). The van der Waals surface area contributed by atoms with E-state index in [2.05, 4.69) is 19.2 Å². The van der Waals surface area contributed by atoms with Crippen molar-refractivity contribution in [1.82, 2.24) is 0 Å². The van der Waals surface area contributed by atoms with Gasteiger partial charge in [-0.1, -0.05) is 70.9 Å². The zero-order chi connectivity index (χ0) is 18.3. The summed E-state index contributed by atoms with van der Waals surface area (Å²) < 4.78 is 5.41. The summed E-state index contributed by atoms with van der Waals surface area (Å²) in [5, 5.41) is 2.87. The van der Waals surface area contributed by atoms with Crippen LogP contribution in [0.1, 0.15) is 84.5 Å². The van der Waals surface area contributed by atoms with Crippen LogP contribution in [0.25, 0.3) is 0 Å². The van der Waals surface area contributed by atoms with Gasteiger partial charge in [0, 0.05) is 12.8 Å². The van der Waals surface area contributed by atoms with Gasteiger partial charge in [-0.3, -0.25) is 9.59 Å². The number of anilines is 1. The van der Waals surface area contributed by atoms with Gasteiger partial charge in [-0.15, -0.1) is 0 Å². The first-order valence-electron chi connectivity index (χ1n) is 9.77. The smallest absolute Gasteiger partial charge is 0.311 e. The average molecular weight is 347 g/mol. The van der Waals surface area contributed by atoms with Gasteiger partial charge < -0.3 is 10.1 Å². The monoisotopic (exact) mass is 347 g/mol. The number of amides is 1. The van der Waals surface area contributed by atoms with E-state index in [4.69, 9.17) is 4.74 Å². The number of benzene rings is 1. The molecule has 0 heterocycles. The van der Waals surface area contributed by atoms with Crippen LogP contribution in [0.2, 0.25) is 0 Å². The van der Waals surface area contributed by atoms with E-state index in [0.717, 1.165) is 32.1 Å². The van der Waals surface area contributed by atoms with E-state index < -0.39 is 0 Å². The van der Waals surface area contributed by atoms with E-state index in [1.165, 1.54) is 25.7 Å². The summed E-state index contributed by atoms with van der Waals surface area (Å²) in [6.07, 6.45) is 10.8. The van der Waals surface area contributed by atoms with E-state index in [0.29, 0.717) is 24.3 Å². The largest absolute Gasteiger partial charge is 0.424 e. The second kappa shape index (κ2) is 13.5. The summed E-state index contributed by atoms with van der Waals surface area (Å²) in [6.45, 7) is 4.29. The van der Waals surface area contributed by atoms with Crippen LogP contribution in [0.5, 0.6) is 5.75 Å². The molecule has 4 nitrogen and oxygen atoms in total. The maximum Gasteiger partial charge on any atom is 0.311 e. The molecule has 0 aliphatic carbocycles. The highest BCUT2D eigenvalue weighted by Crippen LogP contribution is 2.25. The summed E-state index contributed by atoms with van der Waals surface area (Å²) in [5.74, 6) is 0.163. The first kappa shape index (κ1) is 21.2. The molecule has 0 saturated carbocycles. The molecule has 1 rings (SSSR count). The summed E-state index contributed by atoms with van der Waals surface area (Å²) in [6, 6.07) is 7.12. The number of rotatable bonds is 13. The Hall–Kier alpha value is -1.84. The Labute approximate surface area is 152 Å². The number of hydrogen-bond acceptors (Lipinski definition) is 3. The summed E-state index contributed by atoms with van der Waals surface area (Å²) in [7, 11) is 0. The molecule has 0 aromatic heterocycles. The molecule has 0 aliphatic rings. The van der Waals surface area contributed by atoms with Gasteiger partial charge in [0.2, 0.25) is 5.91 Å². The number of hydrogen-bond donors (Lipinski definition) is 1. The zero-order valence-corrected chi connectivity index (χ0v) is 15.8. The predicted octanol–water partition coefficient (Wildman–Crippen LogP) is 5.86. The van der Waals surface area contributed by atoms with E-state index in [-0.39, 0.29) is 11.9 Å². The average Bonchev–Trinajstić information content (AvgIpc) is 2.60. The summed E-state index contributed by atoms with van der Waals surface area (Å²) in [5.41, 5.74) is 0.572. The molecule has 1 aromatic carbocycles. The van der Waals surface area contributed by atoms with Crippen molar-refractivity contribution in [3.05, 3.63) is 24.3 Å². The molecule has 0 radical (unpaired) electrons. The Kier molecular flexibility index (Phi) is 11.4. The van der Waals surface area contributed by atoms with Gasteiger partial charge in [0.1, 0.15) is 0 Å². The zero-order valence-electron chi connectivity index (χ0n) is 15.8. The number of carbonyl (C=O) groups excluding carboxylic acids is 2. The molecule has 0 aliphatic heterocycles. The molecule has 0 spiro atoms. The van der Waals surface area contributed by atoms with Crippen LogP contribution in [0.3, 0.4) is 0 Å². The van der Waals surface area contributed by atoms with Crippen molar-refractivity contribution in [2.75, 3.05) is 5.32 Å². The maximum absolute atomic E-state index is 12.1. The predicted molar refractivity (Wildman–Crippen MR) is 103 cm³/mol. The minimum Gasteiger partial charge on any atom is -0.424 e. The van der Waals surface area contributed by atoms with Gasteiger partial charge in [0.25, 0.3) is 0 Å². The quantitative estimate of drug-likeness (QED) is 0.276. The third kappa shape index (κ3) is 9.90. The topological polar surface area (TPSA) is 55.4 Å². The van der Waals surface area contributed by atoms with E-state index in [1.807, 2.05) is 6.07 Å². The SMILES string of the molecule is CCCCCCCCC(=O)Nc1ccccc1OC(=O)CCCCC. The Balaban J connectivity index is 2.39. The molecular weight excluding hydrogens is 314 g/mol. The maximum atomic E-state index is 12.1. The van der Waals surface area contributed by atoms with E-state index in [9.17, 15) is 9.59 Å². The van der Waals surface area contributed by atoms with Crippen LogP contribution in [0, 0.1) is 0 Å². The second-order valence-electron chi connectivity index (χ2n) is 6.49. The number of carbonyl (C=O) groups is 2. The normalized spacial score (nSPS) is 10.5. The Morgan fingerprint density at radius 2 is 1.44 bits per heavy atom. The van der Waals surface area contributed by atoms with Crippen LogP contribution in [-0.2, 0) is 9.59 Å². The number of unbranched alkanes of at least 4 members (excludes halogenated alkanes) is 7. The molecule has 140 valence electrons. The number of esters is 1. The fraction of sp³-hybridized carbons (Fsp3) is 0.619. The lowest BCUT2D eigenvalue weighted by atomic mass is 10.1. The van der Waals surface area contributed by atoms with Crippen LogP contribution >= 0.6 is 0 Å². The molecule has 0 fully saturated rings. The van der Waals surface area contributed by atoms with E-state index >= 15 is 0 Å². The highest BCUT2D eigenvalue weighted by atomic mass is 16.5. The minimum absolute atomic E-state index is 0.0232. The van der Waals surface area contributed by atoms with Gasteiger partial charge >= 0.3 is 5.97 Å². The molecule has 1 aromatic rings. The lowest BCUT2D eigenvalue weighted by molar-refractivity contribution is -0.134. The van der Waals surface area contributed by atoms with Gasteiger partial charge in [-0.05, 0) is 25.0 Å². The van der Waals surface area contributed by atoms with Crippen molar-refractivity contribution in [2.24, 2.45) is 0 Å². The molecule has 4 heteroatoms. The van der Waals surface area contributed by atoms with E-state index in [1.54, 1.807) is 18.2 Å². The molecule has 0 saturated heterocycles. The van der Waals surface area contributed by atoms with Crippen molar-refractivity contribution < 1.29 is 14.3 Å². The van der Waals surface area contributed by atoms with Crippen LogP contribution in [-0.4, -0.2) is 11.9 Å². The van der Waals surface area contributed by atoms with Crippen molar-refractivity contribution in [3.63, 3.8) is 0 Å². The first-order valence-corrected chi connectivity index (χ1v) is 9.77. The van der Waals surface area contributed by atoms with Crippen molar-refractivity contribution >= 4 is 17.6 Å². The number of ether oxygens (including phenoxy) is 1. The Morgan fingerprint density at radius 3 is 2.20 bits per heavy atom. The van der Waals surface area contributed by atoms with Crippen LogP contribution in [0.15, 0.2) is 24.3 Å². The third-order valence-corrected chi connectivity index (χ3v) is 4.13. The van der Waals surface area contributed by atoms with Crippen molar-refractivity contribution in [2.45, 2.75) is 84.5 Å². The molecular formula is C21H33NO3. The van der Waals surface area contributed by atoms with Gasteiger partial charge in [0.05, 0.1) is 5.69 Å². The van der Waals surface area contributed by atoms with Gasteiger partial charge in [0.15, 0.2) is 5.75 Å². The molecule has 0 atom stereocenters. The van der Waals surface area contributed by atoms with Crippen molar-refractivity contribution in [1.29, 1.82) is 0 Å². The molecule has 1 amide bonds. The highest BCUT2D eigenvalue weighted by Gasteiger charge is 2.11. The number of para-hydroxylation sites is 2. The molecule has 1 N–H and O–H groups in total. The Bertz CT molecular complexity index is 514. The van der Waals surface area contributed by atoms with Gasteiger partial charge in [-0.2, -0.15) is 0 Å². The fourth-order valence-corrected chi connectivity index (χ4v) is 2.63. The van der Waals surface area contributed by atoms with Gasteiger partial charge in [-0.25, -0.2) is 0 Å². The first-order chi connectivity index (χ1) is 12.2. The molecule has 25 heavy (non-hydrogen) atoms. The third-order valence-electron chi connectivity index (χ3n) is 4.13. The lowest BCUT2D eigenvalue weighted by Gasteiger charge is -2.11. The number of nitrogens with one attached hydrogen (secondary N) is 1. The summed E-state index contributed by atoms with van der Waals surface area (Å²) >= 11 is 0.